The molecule has 92 valence electrons. The predicted molar refractivity (Wildman–Crippen MR) is 66.1 cm³/mol. The highest BCUT2D eigenvalue weighted by Gasteiger charge is 2.23. The van der Waals surface area contributed by atoms with E-state index in [1.807, 2.05) is 24.3 Å². The minimum atomic E-state index is -0.544. The molecular weight excluding hydrogens is 218 g/mol. The molecule has 0 bridgehead atoms. The Kier molecular flexibility index (Phi) is 4.26. The summed E-state index contributed by atoms with van der Waals surface area (Å²) in [5.74, 6) is 0.413. The summed E-state index contributed by atoms with van der Waals surface area (Å²) in [4.78, 5) is 16.2. The van der Waals surface area contributed by atoms with Crippen LogP contribution in [0.1, 0.15) is 26.3 Å². The van der Waals surface area contributed by atoms with Gasteiger partial charge in [-0.15, -0.1) is 0 Å². The van der Waals surface area contributed by atoms with E-state index in [9.17, 15) is 4.79 Å². The summed E-state index contributed by atoms with van der Waals surface area (Å²) >= 11 is 0. The number of oxime groups is 1. The van der Waals surface area contributed by atoms with Crippen LogP contribution in [0.5, 0.6) is 5.75 Å². The highest BCUT2D eigenvalue weighted by Crippen LogP contribution is 2.15. The van der Waals surface area contributed by atoms with Crippen LogP contribution in [0.4, 0.5) is 0 Å². The molecule has 0 aliphatic rings. The fourth-order valence-corrected chi connectivity index (χ4v) is 0.962. The number of hydrogen-bond acceptors (Lipinski definition) is 4. The van der Waals surface area contributed by atoms with Gasteiger partial charge in [-0.25, -0.2) is 4.79 Å². The fourth-order valence-electron chi connectivity index (χ4n) is 0.962. The van der Waals surface area contributed by atoms with E-state index < -0.39 is 5.41 Å². The van der Waals surface area contributed by atoms with E-state index in [-0.39, 0.29) is 5.97 Å². The molecule has 0 aliphatic heterocycles. The number of benzene rings is 1. The van der Waals surface area contributed by atoms with Gasteiger partial charge in [0.05, 0.1) is 18.7 Å². The number of ether oxygens (including phenoxy) is 1. The van der Waals surface area contributed by atoms with E-state index in [0.717, 1.165) is 11.3 Å². The number of methoxy groups -OCH3 is 1. The maximum Gasteiger partial charge on any atom is 0.340 e. The minimum Gasteiger partial charge on any atom is -0.497 e. The molecule has 0 aliphatic carbocycles. The lowest BCUT2D eigenvalue weighted by Gasteiger charge is -2.12. The first-order chi connectivity index (χ1) is 7.93. The third-order valence-corrected chi connectivity index (χ3v) is 2.07. The van der Waals surface area contributed by atoms with Gasteiger partial charge in [0.2, 0.25) is 0 Å². The van der Waals surface area contributed by atoms with Crippen LogP contribution in [0, 0.1) is 5.41 Å². The van der Waals surface area contributed by atoms with Gasteiger partial charge in [0.25, 0.3) is 0 Å². The second kappa shape index (κ2) is 5.48. The van der Waals surface area contributed by atoms with Crippen molar-refractivity contribution in [3.05, 3.63) is 29.8 Å². The molecule has 0 atom stereocenters. The second-order valence-corrected chi connectivity index (χ2v) is 4.64. The van der Waals surface area contributed by atoms with Crippen molar-refractivity contribution in [2.45, 2.75) is 20.8 Å². The summed E-state index contributed by atoms with van der Waals surface area (Å²) in [5.41, 5.74) is 0.296. The van der Waals surface area contributed by atoms with Crippen LogP contribution in [0.2, 0.25) is 0 Å². The van der Waals surface area contributed by atoms with Crippen LogP contribution in [0.15, 0.2) is 29.4 Å². The summed E-state index contributed by atoms with van der Waals surface area (Å²) in [6.45, 7) is 5.33. The van der Waals surface area contributed by atoms with Gasteiger partial charge in [-0.1, -0.05) is 5.16 Å². The number of carbonyl (C=O) groups is 1. The molecular formula is C13H17NO3. The number of hydrogen-bond donors (Lipinski definition) is 0. The van der Waals surface area contributed by atoms with Gasteiger partial charge in [0, 0.05) is 0 Å². The third-order valence-electron chi connectivity index (χ3n) is 2.07. The van der Waals surface area contributed by atoms with E-state index in [1.165, 1.54) is 6.21 Å². The summed E-state index contributed by atoms with van der Waals surface area (Å²) in [6, 6.07) is 7.28. The number of rotatable bonds is 3. The molecule has 0 saturated carbocycles. The maximum atomic E-state index is 11.4. The predicted octanol–water partition coefficient (Wildman–Crippen LogP) is 2.62. The van der Waals surface area contributed by atoms with Crippen molar-refractivity contribution in [2.24, 2.45) is 10.6 Å². The Balaban J connectivity index is 2.56. The summed E-state index contributed by atoms with van der Waals surface area (Å²) in [7, 11) is 1.61. The molecule has 0 fully saturated rings. The van der Waals surface area contributed by atoms with Crippen LogP contribution in [-0.2, 0) is 9.63 Å². The average molecular weight is 235 g/mol. The van der Waals surface area contributed by atoms with E-state index in [2.05, 4.69) is 5.16 Å². The lowest BCUT2D eigenvalue weighted by Crippen LogP contribution is -2.21. The highest BCUT2D eigenvalue weighted by atomic mass is 16.7. The molecule has 0 heterocycles. The van der Waals surface area contributed by atoms with Crippen LogP contribution >= 0.6 is 0 Å². The summed E-state index contributed by atoms with van der Waals surface area (Å²) in [5, 5.41) is 3.65. The molecule has 0 spiro atoms. The van der Waals surface area contributed by atoms with Gasteiger partial charge in [0.1, 0.15) is 5.75 Å². The van der Waals surface area contributed by atoms with Crippen molar-refractivity contribution in [3.8, 4) is 5.75 Å². The quantitative estimate of drug-likeness (QED) is 0.459. The molecule has 1 rings (SSSR count). The van der Waals surface area contributed by atoms with Crippen molar-refractivity contribution in [1.29, 1.82) is 0 Å². The second-order valence-electron chi connectivity index (χ2n) is 4.64. The zero-order valence-corrected chi connectivity index (χ0v) is 10.6. The number of nitrogens with zero attached hydrogens (tertiary/aromatic N) is 1. The van der Waals surface area contributed by atoms with Crippen LogP contribution in [0.3, 0.4) is 0 Å². The smallest absolute Gasteiger partial charge is 0.340 e. The average Bonchev–Trinajstić information content (AvgIpc) is 2.28. The molecule has 0 unspecified atom stereocenters. The van der Waals surface area contributed by atoms with Gasteiger partial charge in [-0.3, -0.25) is 0 Å². The van der Waals surface area contributed by atoms with Gasteiger partial charge in [-0.05, 0) is 50.6 Å². The molecule has 17 heavy (non-hydrogen) atoms. The number of carbonyl (C=O) groups excluding carboxylic acids is 1. The largest absolute Gasteiger partial charge is 0.497 e. The molecule has 0 aromatic heterocycles. The standard InChI is InChI=1S/C13H17NO3/c1-13(2,3)12(15)17-14-9-10-5-7-11(16-4)8-6-10/h5-9H,1-4H3/b14-9+. The van der Waals surface area contributed by atoms with Crippen molar-refractivity contribution in [2.75, 3.05) is 7.11 Å². The molecule has 1 aromatic rings. The van der Waals surface area contributed by atoms with Crippen LogP contribution in [0.25, 0.3) is 0 Å². The van der Waals surface area contributed by atoms with E-state index in [1.54, 1.807) is 27.9 Å². The summed E-state index contributed by atoms with van der Waals surface area (Å²) < 4.78 is 5.03. The first kappa shape index (κ1) is 13.2. The van der Waals surface area contributed by atoms with Gasteiger partial charge >= 0.3 is 5.97 Å². The Hall–Kier alpha value is -1.84. The van der Waals surface area contributed by atoms with Crippen molar-refractivity contribution >= 4 is 12.2 Å². The van der Waals surface area contributed by atoms with Crippen molar-refractivity contribution < 1.29 is 14.4 Å². The Morgan fingerprint density at radius 1 is 1.24 bits per heavy atom. The molecule has 0 N–H and O–H groups in total. The van der Waals surface area contributed by atoms with Gasteiger partial charge < -0.3 is 9.57 Å². The normalized spacial score (nSPS) is 11.5. The Morgan fingerprint density at radius 3 is 2.29 bits per heavy atom. The van der Waals surface area contributed by atoms with E-state index in [0.29, 0.717) is 0 Å². The maximum absolute atomic E-state index is 11.4. The van der Waals surface area contributed by atoms with Gasteiger partial charge in [0.15, 0.2) is 0 Å². The summed E-state index contributed by atoms with van der Waals surface area (Å²) in [6.07, 6.45) is 1.49. The molecule has 0 amide bonds. The zero-order valence-electron chi connectivity index (χ0n) is 10.6. The fraction of sp³-hybridized carbons (Fsp3) is 0.385. The topological polar surface area (TPSA) is 47.9 Å². The lowest BCUT2D eigenvalue weighted by molar-refractivity contribution is -0.152. The Morgan fingerprint density at radius 2 is 1.82 bits per heavy atom. The minimum absolute atomic E-state index is 0.359. The Bertz CT molecular complexity index is 402. The highest BCUT2D eigenvalue weighted by molar-refractivity contribution is 5.81. The monoisotopic (exact) mass is 235 g/mol. The van der Waals surface area contributed by atoms with E-state index in [4.69, 9.17) is 9.57 Å². The molecule has 0 radical (unpaired) electrons. The van der Waals surface area contributed by atoms with Crippen molar-refractivity contribution in [3.63, 3.8) is 0 Å². The van der Waals surface area contributed by atoms with E-state index >= 15 is 0 Å². The zero-order chi connectivity index (χ0) is 12.9. The van der Waals surface area contributed by atoms with Gasteiger partial charge in [-0.2, -0.15) is 0 Å². The van der Waals surface area contributed by atoms with Crippen molar-refractivity contribution in [1.82, 2.24) is 0 Å². The SMILES string of the molecule is COc1ccc(/C=N/OC(=O)C(C)(C)C)cc1. The first-order valence-corrected chi connectivity index (χ1v) is 5.32. The van der Waals surface area contributed by atoms with Crippen LogP contribution in [-0.4, -0.2) is 19.3 Å². The molecule has 4 heteroatoms. The van der Waals surface area contributed by atoms with Crippen LogP contribution < -0.4 is 4.74 Å². The Labute approximate surface area is 101 Å². The first-order valence-electron chi connectivity index (χ1n) is 5.32. The molecule has 4 nitrogen and oxygen atoms in total. The molecule has 1 aromatic carbocycles. The molecule has 0 saturated heterocycles. The lowest BCUT2D eigenvalue weighted by atomic mass is 9.98. The third kappa shape index (κ3) is 4.26.